The van der Waals surface area contributed by atoms with Crippen molar-refractivity contribution in [3.63, 3.8) is 0 Å². The van der Waals surface area contributed by atoms with E-state index >= 15 is 0 Å². The minimum atomic E-state index is 0.764. The molecule has 0 atom stereocenters. The standard InChI is InChI=1S/C15H16N2O/c1-11-8-12(2)15(13(3)9-11)16-10-14-4-6-17(18)7-5-14/h4-10H,1-3H3. The average Bonchev–Trinajstić information content (AvgIpc) is 2.30. The van der Waals surface area contributed by atoms with Crippen molar-refractivity contribution in [3.8, 4) is 0 Å². The van der Waals surface area contributed by atoms with Crippen LogP contribution in [0.4, 0.5) is 5.69 Å². The first-order valence-electron chi connectivity index (χ1n) is 5.87. The lowest BCUT2D eigenvalue weighted by Crippen LogP contribution is -2.23. The summed E-state index contributed by atoms with van der Waals surface area (Å²) in [5.41, 5.74) is 5.49. The van der Waals surface area contributed by atoms with E-state index in [-0.39, 0.29) is 0 Å². The Kier molecular flexibility index (Phi) is 3.42. The molecule has 1 aromatic heterocycles. The van der Waals surface area contributed by atoms with Gasteiger partial charge in [-0.25, -0.2) is 0 Å². The van der Waals surface area contributed by atoms with Crippen LogP contribution in [0.15, 0.2) is 41.7 Å². The molecule has 0 spiro atoms. The topological polar surface area (TPSA) is 39.3 Å². The highest BCUT2D eigenvalue weighted by Gasteiger charge is 2.01. The number of aryl methyl sites for hydroxylation is 3. The van der Waals surface area contributed by atoms with Gasteiger partial charge in [-0.05, 0) is 31.9 Å². The first-order valence-corrected chi connectivity index (χ1v) is 5.87. The van der Waals surface area contributed by atoms with E-state index in [0.717, 1.165) is 16.0 Å². The Hall–Kier alpha value is -2.16. The summed E-state index contributed by atoms with van der Waals surface area (Å²) in [4.78, 5) is 4.51. The summed E-state index contributed by atoms with van der Waals surface area (Å²) in [7, 11) is 0. The van der Waals surface area contributed by atoms with Crippen LogP contribution < -0.4 is 4.73 Å². The van der Waals surface area contributed by atoms with Gasteiger partial charge in [-0.15, -0.1) is 0 Å². The second kappa shape index (κ2) is 5.00. The predicted molar refractivity (Wildman–Crippen MR) is 73.3 cm³/mol. The van der Waals surface area contributed by atoms with Crippen LogP contribution in [0.25, 0.3) is 0 Å². The quantitative estimate of drug-likeness (QED) is 0.452. The maximum Gasteiger partial charge on any atom is 0.181 e. The second-order valence-electron chi connectivity index (χ2n) is 4.50. The van der Waals surface area contributed by atoms with Crippen LogP contribution in [0.5, 0.6) is 0 Å². The fourth-order valence-electron chi connectivity index (χ4n) is 2.03. The smallest absolute Gasteiger partial charge is 0.181 e. The third-order valence-corrected chi connectivity index (χ3v) is 2.81. The zero-order valence-electron chi connectivity index (χ0n) is 10.8. The van der Waals surface area contributed by atoms with Crippen LogP contribution in [-0.4, -0.2) is 6.21 Å². The van der Waals surface area contributed by atoms with Gasteiger partial charge >= 0.3 is 0 Å². The molecule has 0 bridgehead atoms. The van der Waals surface area contributed by atoms with Gasteiger partial charge in [0.15, 0.2) is 12.4 Å². The monoisotopic (exact) mass is 240 g/mol. The summed E-state index contributed by atoms with van der Waals surface area (Å²) in [6, 6.07) is 7.73. The van der Waals surface area contributed by atoms with E-state index in [0.29, 0.717) is 0 Å². The SMILES string of the molecule is Cc1cc(C)c(N=Cc2cc[n+]([O-])cc2)c(C)c1. The molecule has 0 aliphatic rings. The third kappa shape index (κ3) is 2.74. The van der Waals surface area contributed by atoms with Crippen molar-refractivity contribution >= 4 is 11.9 Å². The first kappa shape index (κ1) is 12.3. The molecule has 0 fully saturated rings. The lowest BCUT2D eigenvalue weighted by atomic mass is 10.1. The number of rotatable bonds is 2. The van der Waals surface area contributed by atoms with Gasteiger partial charge in [0, 0.05) is 23.9 Å². The average molecular weight is 240 g/mol. The number of aromatic nitrogens is 1. The van der Waals surface area contributed by atoms with Crippen LogP contribution >= 0.6 is 0 Å². The number of hydrogen-bond acceptors (Lipinski definition) is 2. The van der Waals surface area contributed by atoms with E-state index < -0.39 is 0 Å². The Morgan fingerprint density at radius 3 is 2.17 bits per heavy atom. The maximum atomic E-state index is 10.9. The zero-order valence-corrected chi connectivity index (χ0v) is 10.8. The minimum Gasteiger partial charge on any atom is -0.619 e. The molecule has 0 radical (unpaired) electrons. The molecule has 0 amide bonds. The highest BCUT2D eigenvalue weighted by molar-refractivity contribution is 5.82. The molecule has 0 aliphatic heterocycles. The Labute approximate surface area is 107 Å². The number of pyridine rings is 1. The molecule has 18 heavy (non-hydrogen) atoms. The Morgan fingerprint density at radius 2 is 1.61 bits per heavy atom. The second-order valence-corrected chi connectivity index (χ2v) is 4.50. The number of hydrogen-bond donors (Lipinski definition) is 0. The van der Waals surface area contributed by atoms with Crippen molar-refractivity contribution in [1.29, 1.82) is 0 Å². The molecular formula is C15H16N2O. The summed E-state index contributed by atoms with van der Waals surface area (Å²) in [5.74, 6) is 0. The number of nitrogens with zero attached hydrogens (tertiary/aromatic N) is 2. The van der Waals surface area contributed by atoms with Crippen molar-refractivity contribution in [3.05, 3.63) is 64.1 Å². The highest BCUT2D eigenvalue weighted by atomic mass is 16.5. The molecule has 1 heterocycles. The Bertz CT molecular complexity index is 563. The van der Waals surface area contributed by atoms with E-state index in [4.69, 9.17) is 0 Å². The molecule has 0 N–H and O–H groups in total. The van der Waals surface area contributed by atoms with Gasteiger partial charge in [0.25, 0.3) is 0 Å². The molecule has 3 nitrogen and oxygen atoms in total. The van der Waals surface area contributed by atoms with E-state index in [9.17, 15) is 5.21 Å². The van der Waals surface area contributed by atoms with Crippen molar-refractivity contribution in [2.75, 3.05) is 0 Å². The summed E-state index contributed by atoms with van der Waals surface area (Å²) >= 11 is 0. The molecule has 0 saturated carbocycles. The fourth-order valence-corrected chi connectivity index (χ4v) is 2.03. The molecule has 0 aliphatic carbocycles. The van der Waals surface area contributed by atoms with E-state index in [1.54, 1.807) is 18.3 Å². The van der Waals surface area contributed by atoms with Gasteiger partial charge in [0.2, 0.25) is 0 Å². The maximum absolute atomic E-state index is 10.9. The molecule has 0 saturated heterocycles. The minimum absolute atomic E-state index is 0.764. The summed E-state index contributed by atoms with van der Waals surface area (Å²) in [6.07, 6.45) is 4.72. The number of aliphatic imine (C=N–C) groups is 1. The van der Waals surface area contributed by atoms with Crippen LogP contribution in [0, 0.1) is 26.0 Å². The van der Waals surface area contributed by atoms with E-state index in [1.807, 2.05) is 0 Å². The van der Waals surface area contributed by atoms with Gasteiger partial charge in [0.1, 0.15) is 0 Å². The highest BCUT2D eigenvalue weighted by Crippen LogP contribution is 2.24. The molecule has 0 unspecified atom stereocenters. The molecule has 1 aromatic carbocycles. The largest absolute Gasteiger partial charge is 0.619 e. The van der Waals surface area contributed by atoms with Gasteiger partial charge in [-0.3, -0.25) is 4.99 Å². The third-order valence-electron chi connectivity index (χ3n) is 2.81. The van der Waals surface area contributed by atoms with E-state index in [2.05, 4.69) is 37.9 Å². The van der Waals surface area contributed by atoms with Crippen molar-refractivity contribution < 1.29 is 4.73 Å². The molecule has 2 rings (SSSR count). The lowest BCUT2D eigenvalue weighted by molar-refractivity contribution is -0.605. The van der Waals surface area contributed by atoms with Gasteiger partial charge in [-0.2, -0.15) is 4.73 Å². The van der Waals surface area contributed by atoms with Crippen molar-refractivity contribution in [1.82, 2.24) is 0 Å². The zero-order chi connectivity index (χ0) is 13.1. The Balaban J connectivity index is 2.31. The first-order chi connectivity index (χ1) is 8.56. The molecule has 2 aromatic rings. The number of benzene rings is 1. The van der Waals surface area contributed by atoms with Crippen molar-refractivity contribution in [2.24, 2.45) is 4.99 Å². The molecular weight excluding hydrogens is 224 g/mol. The van der Waals surface area contributed by atoms with E-state index in [1.165, 1.54) is 29.1 Å². The van der Waals surface area contributed by atoms with Gasteiger partial charge < -0.3 is 5.21 Å². The summed E-state index contributed by atoms with van der Waals surface area (Å²) < 4.78 is 0.764. The van der Waals surface area contributed by atoms with Gasteiger partial charge in [-0.1, -0.05) is 17.7 Å². The van der Waals surface area contributed by atoms with Gasteiger partial charge in [0.05, 0.1) is 5.69 Å². The molecule has 3 heteroatoms. The predicted octanol–water partition coefficient (Wildman–Crippen LogP) is 3.00. The molecule has 92 valence electrons. The van der Waals surface area contributed by atoms with Crippen LogP contribution in [0.2, 0.25) is 0 Å². The van der Waals surface area contributed by atoms with Crippen molar-refractivity contribution in [2.45, 2.75) is 20.8 Å². The van der Waals surface area contributed by atoms with Crippen LogP contribution in [0.1, 0.15) is 22.3 Å². The van der Waals surface area contributed by atoms with Crippen LogP contribution in [0.3, 0.4) is 0 Å². The Morgan fingerprint density at radius 1 is 1.06 bits per heavy atom. The fraction of sp³-hybridized carbons (Fsp3) is 0.200. The van der Waals surface area contributed by atoms with Crippen LogP contribution in [-0.2, 0) is 0 Å². The summed E-state index contributed by atoms with van der Waals surface area (Å²) in [6.45, 7) is 6.20. The lowest BCUT2D eigenvalue weighted by Gasteiger charge is -2.06. The normalized spacial score (nSPS) is 11.1. The summed E-state index contributed by atoms with van der Waals surface area (Å²) in [5, 5.41) is 10.9.